The van der Waals surface area contributed by atoms with E-state index in [0.29, 0.717) is 21.2 Å². The van der Waals surface area contributed by atoms with Gasteiger partial charge in [0.2, 0.25) is 0 Å². The van der Waals surface area contributed by atoms with Crippen molar-refractivity contribution in [2.45, 2.75) is 32.6 Å². The number of fused-ring (bicyclic) bond motifs is 1. The predicted molar refractivity (Wildman–Crippen MR) is 119 cm³/mol. The van der Waals surface area contributed by atoms with E-state index in [9.17, 15) is 9.59 Å². The highest BCUT2D eigenvalue weighted by molar-refractivity contribution is 7.17. The van der Waals surface area contributed by atoms with Gasteiger partial charge in [-0.05, 0) is 74.6 Å². The maximum absolute atomic E-state index is 13.1. The number of anilines is 2. The molecule has 0 atom stereocenters. The second kappa shape index (κ2) is 8.39. The molecule has 0 radical (unpaired) electrons. The molecule has 0 saturated carbocycles. The molecule has 6 heteroatoms. The third kappa shape index (κ3) is 4.36. The highest BCUT2D eigenvalue weighted by Crippen LogP contribution is 2.38. The molecule has 0 bridgehead atoms. The van der Waals surface area contributed by atoms with Crippen molar-refractivity contribution in [3.05, 3.63) is 80.7 Å². The van der Waals surface area contributed by atoms with Crippen LogP contribution in [0.1, 0.15) is 49.6 Å². The maximum Gasteiger partial charge on any atom is 0.258 e. The average molecular weight is 425 g/mol. The molecule has 2 aromatic carbocycles. The number of hydrogen-bond acceptors (Lipinski definition) is 3. The van der Waals surface area contributed by atoms with Gasteiger partial charge in [0.1, 0.15) is 5.00 Å². The molecule has 2 amide bonds. The summed E-state index contributed by atoms with van der Waals surface area (Å²) in [7, 11) is 0. The number of benzene rings is 2. The van der Waals surface area contributed by atoms with Crippen LogP contribution in [0.2, 0.25) is 5.02 Å². The lowest BCUT2D eigenvalue weighted by Crippen LogP contribution is -2.18. The van der Waals surface area contributed by atoms with E-state index < -0.39 is 0 Å². The van der Waals surface area contributed by atoms with Crippen LogP contribution in [0.4, 0.5) is 10.7 Å². The van der Waals surface area contributed by atoms with Crippen molar-refractivity contribution in [2.75, 3.05) is 10.6 Å². The van der Waals surface area contributed by atoms with Gasteiger partial charge >= 0.3 is 0 Å². The first-order chi connectivity index (χ1) is 14.0. The Balaban J connectivity index is 1.64. The lowest BCUT2D eigenvalue weighted by molar-refractivity contribution is 0.102. The zero-order valence-corrected chi connectivity index (χ0v) is 17.6. The highest BCUT2D eigenvalue weighted by atomic mass is 35.5. The topological polar surface area (TPSA) is 58.2 Å². The third-order valence-electron chi connectivity index (χ3n) is 5.04. The number of carbonyl (C=O) groups excluding carboxylic acids is 2. The molecule has 0 unspecified atom stereocenters. The number of rotatable bonds is 4. The van der Waals surface area contributed by atoms with Crippen LogP contribution in [-0.2, 0) is 12.8 Å². The van der Waals surface area contributed by atoms with Crippen LogP contribution in [0.15, 0.2) is 48.5 Å². The molecule has 1 aromatic heterocycles. The molecule has 4 rings (SSSR count). The Bertz CT molecular complexity index is 1060. The van der Waals surface area contributed by atoms with Gasteiger partial charge in [-0.3, -0.25) is 9.59 Å². The SMILES string of the molecule is Cc1ccc(NC(=O)c2c(NC(=O)c3ccc(Cl)cc3)sc3c2CCCC3)cc1. The molecule has 4 nitrogen and oxygen atoms in total. The van der Waals surface area contributed by atoms with Crippen molar-refractivity contribution < 1.29 is 9.59 Å². The summed E-state index contributed by atoms with van der Waals surface area (Å²) in [6.45, 7) is 2.01. The fourth-order valence-electron chi connectivity index (χ4n) is 3.50. The van der Waals surface area contributed by atoms with Crippen molar-refractivity contribution in [3.8, 4) is 0 Å². The molecule has 0 spiro atoms. The van der Waals surface area contributed by atoms with E-state index in [-0.39, 0.29) is 11.8 Å². The zero-order chi connectivity index (χ0) is 20.4. The third-order valence-corrected chi connectivity index (χ3v) is 6.50. The first-order valence-electron chi connectivity index (χ1n) is 9.61. The van der Waals surface area contributed by atoms with Crippen LogP contribution in [-0.4, -0.2) is 11.8 Å². The molecule has 1 aliphatic rings. The van der Waals surface area contributed by atoms with Crippen LogP contribution < -0.4 is 10.6 Å². The van der Waals surface area contributed by atoms with E-state index in [1.165, 1.54) is 16.2 Å². The number of thiophene rings is 1. The van der Waals surface area contributed by atoms with Gasteiger partial charge in [0.25, 0.3) is 11.8 Å². The van der Waals surface area contributed by atoms with Gasteiger partial charge in [-0.15, -0.1) is 11.3 Å². The second-order valence-electron chi connectivity index (χ2n) is 7.20. The Kier molecular flexibility index (Phi) is 5.69. The lowest BCUT2D eigenvalue weighted by atomic mass is 9.95. The number of nitrogens with one attached hydrogen (secondary N) is 2. The van der Waals surface area contributed by atoms with Crippen molar-refractivity contribution >= 4 is 45.4 Å². The summed E-state index contributed by atoms with van der Waals surface area (Å²) in [5.41, 5.74) is 4.04. The van der Waals surface area contributed by atoms with Gasteiger partial charge in [-0.2, -0.15) is 0 Å². The molecule has 3 aromatic rings. The second-order valence-corrected chi connectivity index (χ2v) is 8.74. The molecule has 148 valence electrons. The van der Waals surface area contributed by atoms with Gasteiger partial charge in [-0.25, -0.2) is 0 Å². The van der Waals surface area contributed by atoms with E-state index in [1.807, 2.05) is 31.2 Å². The summed E-state index contributed by atoms with van der Waals surface area (Å²) >= 11 is 7.43. The summed E-state index contributed by atoms with van der Waals surface area (Å²) in [5.74, 6) is -0.427. The number of carbonyl (C=O) groups is 2. The zero-order valence-electron chi connectivity index (χ0n) is 16.0. The van der Waals surface area contributed by atoms with E-state index in [0.717, 1.165) is 42.5 Å². The minimum atomic E-state index is -0.246. The van der Waals surface area contributed by atoms with Crippen LogP contribution in [0.25, 0.3) is 0 Å². The normalized spacial score (nSPS) is 12.9. The lowest BCUT2D eigenvalue weighted by Gasteiger charge is -2.13. The van der Waals surface area contributed by atoms with Gasteiger partial charge < -0.3 is 10.6 Å². The Morgan fingerprint density at radius 1 is 0.897 bits per heavy atom. The predicted octanol–water partition coefficient (Wildman–Crippen LogP) is 6.09. The fraction of sp³-hybridized carbons (Fsp3) is 0.217. The number of halogens is 1. The number of hydrogen-bond donors (Lipinski definition) is 2. The summed E-state index contributed by atoms with van der Waals surface area (Å²) in [5, 5.41) is 7.12. The largest absolute Gasteiger partial charge is 0.322 e. The molecule has 0 aliphatic heterocycles. The molecular weight excluding hydrogens is 404 g/mol. The molecule has 1 heterocycles. The maximum atomic E-state index is 13.1. The minimum Gasteiger partial charge on any atom is -0.322 e. The Labute approximate surface area is 178 Å². The first-order valence-corrected chi connectivity index (χ1v) is 10.8. The van der Waals surface area contributed by atoms with Crippen LogP contribution in [0, 0.1) is 6.92 Å². The Hall–Kier alpha value is -2.63. The smallest absolute Gasteiger partial charge is 0.258 e. The molecule has 2 N–H and O–H groups in total. The van der Waals surface area contributed by atoms with Gasteiger partial charge in [0, 0.05) is 21.2 Å². The van der Waals surface area contributed by atoms with E-state index in [2.05, 4.69) is 10.6 Å². The molecule has 29 heavy (non-hydrogen) atoms. The molecule has 0 saturated heterocycles. The minimum absolute atomic E-state index is 0.181. The van der Waals surface area contributed by atoms with Gasteiger partial charge in [0.05, 0.1) is 5.56 Å². The summed E-state index contributed by atoms with van der Waals surface area (Å²) in [4.78, 5) is 27.1. The van der Waals surface area contributed by atoms with Gasteiger partial charge in [-0.1, -0.05) is 29.3 Å². The number of aryl methyl sites for hydroxylation is 2. The van der Waals surface area contributed by atoms with E-state index in [1.54, 1.807) is 24.3 Å². The van der Waals surface area contributed by atoms with E-state index >= 15 is 0 Å². The van der Waals surface area contributed by atoms with Crippen molar-refractivity contribution in [2.24, 2.45) is 0 Å². The average Bonchev–Trinajstić information content (AvgIpc) is 3.08. The van der Waals surface area contributed by atoms with E-state index in [4.69, 9.17) is 11.6 Å². The molecule has 1 aliphatic carbocycles. The van der Waals surface area contributed by atoms with Crippen molar-refractivity contribution in [3.63, 3.8) is 0 Å². The van der Waals surface area contributed by atoms with Crippen molar-refractivity contribution in [1.82, 2.24) is 0 Å². The Morgan fingerprint density at radius 2 is 1.59 bits per heavy atom. The standard InChI is InChI=1S/C23H21ClN2O2S/c1-14-6-12-17(13-7-14)25-22(28)20-18-4-2-3-5-19(18)29-23(20)26-21(27)15-8-10-16(24)11-9-15/h6-13H,2-5H2,1H3,(H,25,28)(H,26,27). The monoisotopic (exact) mass is 424 g/mol. The fourth-order valence-corrected chi connectivity index (χ4v) is 4.91. The summed E-state index contributed by atoms with van der Waals surface area (Å²) in [6.07, 6.45) is 3.97. The van der Waals surface area contributed by atoms with Crippen LogP contribution in [0.5, 0.6) is 0 Å². The van der Waals surface area contributed by atoms with Gasteiger partial charge in [0.15, 0.2) is 0 Å². The first kappa shape index (κ1) is 19.7. The Morgan fingerprint density at radius 3 is 2.31 bits per heavy atom. The van der Waals surface area contributed by atoms with Crippen LogP contribution >= 0.6 is 22.9 Å². The summed E-state index contributed by atoms with van der Waals surface area (Å²) in [6, 6.07) is 14.4. The quantitative estimate of drug-likeness (QED) is 0.532. The molecular formula is C23H21ClN2O2S. The molecule has 0 fully saturated rings. The van der Waals surface area contributed by atoms with Crippen molar-refractivity contribution in [1.29, 1.82) is 0 Å². The number of amides is 2. The van der Waals surface area contributed by atoms with Crippen LogP contribution in [0.3, 0.4) is 0 Å². The summed E-state index contributed by atoms with van der Waals surface area (Å²) < 4.78 is 0. The highest BCUT2D eigenvalue weighted by Gasteiger charge is 2.26.